The number of hydrogen-bond acceptors (Lipinski definition) is 2. The summed E-state index contributed by atoms with van der Waals surface area (Å²) >= 11 is 0. The Balaban J connectivity index is 2.80. The Kier molecular flexibility index (Phi) is 1.47. The van der Waals surface area contributed by atoms with Crippen molar-refractivity contribution >= 4 is 12.5 Å². The molecule has 1 atom stereocenters. The van der Waals surface area contributed by atoms with E-state index in [-0.39, 0.29) is 6.04 Å². The third-order valence-electron chi connectivity index (χ3n) is 1.40. The van der Waals surface area contributed by atoms with Gasteiger partial charge in [0.05, 0.1) is 0 Å². The summed E-state index contributed by atoms with van der Waals surface area (Å²) in [6, 6.07) is -0.157. The normalized spacial score (nSPS) is 23.3. The van der Waals surface area contributed by atoms with Crippen LogP contribution in [0.1, 0.15) is 13.8 Å². The zero-order chi connectivity index (χ0) is 6.85. The first kappa shape index (κ1) is 6.20. The number of nitrogens with zero attached hydrogens (tertiary/aromatic N) is 1. The smallest absolute Gasteiger partial charge is 0.149 e. The van der Waals surface area contributed by atoms with Gasteiger partial charge >= 0.3 is 0 Å². The molecule has 0 saturated carbocycles. The lowest BCUT2D eigenvalue weighted by Crippen LogP contribution is -2.21. The van der Waals surface area contributed by atoms with Crippen LogP contribution in [0.25, 0.3) is 0 Å². The summed E-state index contributed by atoms with van der Waals surface area (Å²) in [4.78, 5) is 14.0. The fourth-order valence-electron chi connectivity index (χ4n) is 0.768. The maximum Gasteiger partial charge on any atom is 0.149 e. The first-order chi connectivity index (χ1) is 4.25. The van der Waals surface area contributed by atoms with Crippen LogP contribution < -0.4 is 0 Å². The van der Waals surface area contributed by atoms with Crippen molar-refractivity contribution in [3.63, 3.8) is 0 Å². The molecular weight excluding hydrogens is 114 g/mol. The lowest BCUT2D eigenvalue weighted by molar-refractivity contribution is -0.108. The second kappa shape index (κ2) is 2.13. The van der Waals surface area contributed by atoms with Crippen molar-refractivity contribution in [3.05, 3.63) is 11.1 Å². The molecule has 2 heteroatoms. The molecule has 0 fully saturated rings. The predicted octanol–water partition coefficient (Wildman–Crippen LogP) is 0.975. The van der Waals surface area contributed by atoms with Gasteiger partial charge in [0.2, 0.25) is 0 Å². The molecule has 9 heavy (non-hydrogen) atoms. The molecule has 0 aliphatic carbocycles. The monoisotopic (exact) mass is 123 g/mol. The summed E-state index contributed by atoms with van der Waals surface area (Å²) in [5.74, 6) is 0. The molecule has 0 aromatic carbocycles. The number of aliphatic imine (C=N–C) groups is 1. The molecule has 1 heterocycles. The lowest BCUT2D eigenvalue weighted by Gasteiger charge is -2.16. The number of hydrogen-bond donors (Lipinski definition) is 0. The second-order valence-electron chi connectivity index (χ2n) is 2.31. The van der Waals surface area contributed by atoms with E-state index < -0.39 is 0 Å². The highest BCUT2D eigenvalue weighted by molar-refractivity contribution is 5.95. The van der Waals surface area contributed by atoms with Gasteiger partial charge in [0, 0.05) is 11.8 Å². The van der Waals surface area contributed by atoms with Gasteiger partial charge in [0.15, 0.2) is 0 Å². The van der Waals surface area contributed by atoms with E-state index in [0.717, 1.165) is 11.9 Å². The molecule has 1 rings (SSSR count). The van der Waals surface area contributed by atoms with Gasteiger partial charge in [-0.15, -0.1) is 0 Å². The standard InChI is InChI=1S/C7H9NO/c1-5(2)6-3-8-7(6)4-9/h3-4,7H,1-2H3. The third kappa shape index (κ3) is 0.922. The van der Waals surface area contributed by atoms with Crippen molar-refractivity contribution in [3.8, 4) is 0 Å². The minimum absolute atomic E-state index is 0.157. The average molecular weight is 123 g/mol. The lowest BCUT2D eigenvalue weighted by atomic mass is 10.0. The quantitative estimate of drug-likeness (QED) is 0.478. The molecule has 0 N–H and O–H groups in total. The molecule has 0 spiro atoms. The molecule has 48 valence electrons. The molecule has 1 unspecified atom stereocenters. The Bertz CT molecular complexity index is 187. The Morgan fingerprint density at radius 2 is 2.44 bits per heavy atom. The van der Waals surface area contributed by atoms with Crippen LogP contribution in [-0.2, 0) is 4.79 Å². The summed E-state index contributed by atoms with van der Waals surface area (Å²) in [6.45, 7) is 3.97. The molecule has 0 saturated heterocycles. The number of carbonyl (C=O) groups excluding carboxylic acids is 1. The summed E-state index contributed by atoms with van der Waals surface area (Å²) in [5, 5.41) is 0. The van der Waals surface area contributed by atoms with Crippen LogP contribution in [0.3, 0.4) is 0 Å². The fourth-order valence-corrected chi connectivity index (χ4v) is 0.768. The van der Waals surface area contributed by atoms with Gasteiger partial charge in [-0.25, -0.2) is 0 Å². The van der Waals surface area contributed by atoms with Crippen molar-refractivity contribution in [2.45, 2.75) is 19.9 Å². The maximum absolute atomic E-state index is 10.2. The van der Waals surface area contributed by atoms with E-state index in [1.165, 1.54) is 5.57 Å². The van der Waals surface area contributed by atoms with Gasteiger partial charge in [-0.3, -0.25) is 4.99 Å². The van der Waals surface area contributed by atoms with Crippen LogP contribution in [0.15, 0.2) is 16.1 Å². The van der Waals surface area contributed by atoms with E-state index in [1.807, 2.05) is 13.8 Å². The van der Waals surface area contributed by atoms with Gasteiger partial charge in [-0.1, -0.05) is 5.57 Å². The maximum atomic E-state index is 10.2. The van der Waals surface area contributed by atoms with E-state index >= 15 is 0 Å². The second-order valence-corrected chi connectivity index (χ2v) is 2.31. The zero-order valence-electron chi connectivity index (χ0n) is 5.59. The SMILES string of the molecule is CC(C)=C1C=NC1C=O. The first-order valence-electron chi connectivity index (χ1n) is 2.91. The molecule has 0 amide bonds. The molecule has 2 nitrogen and oxygen atoms in total. The number of carbonyl (C=O) groups is 1. The van der Waals surface area contributed by atoms with E-state index in [1.54, 1.807) is 6.21 Å². The average Bonchev–Trinajstić information content (AvgIpc) is 1.61. The molecule has 0 aromatic heterocycles. The van der Waals surface area contributed by atoms with Crippen molar-refractivity contribution in [2.24, 2.45) is 4.99 Å². The summed E-state index contributed by atoms with van der Waals surface area (Å²) < 4.78 is 0. The number of aldehydes is 1. The Labute approximate surface area is 54.3 Å². The first-order valence-corrected chi connectivity index (χ1v) is 2.91. The van der Waals surface area contributed by atoms with E-state index in [9.17, 15) is 4.79 Å². The molecule has 1 aliphatic rings. The van der Waals surface area contributed by atoms with Crippen LogP contribution in [0, 0.1) is 0 Å². The van der Waals surface area contributed by atoms with Crippen LogP contribution in [0.2, 0.25) is 0 Å². The van der Waals surface area contributed by atoms with Crippen molar-refractivity contribution in [1.29, 1.82) is 0 Å². The fraction of sp³-hybridized carbons (Fsp3) is 0.429. The van der Waals surface area contributed by atoms with Crippen molar-refractivity contribution < 1.29 is 4.79 Å². The number of rotatable bonds is 1. The van der Waals surface area contributed by atoms with Crippen molar-refractivity contribution in [2.75, 3.05) is 0 Å². The molecular formula is C7H9NO. The van der Waals surface area contributed by atoms with Crippen LogP contribution in [0.5, 0.6) is 0 Å². The summed E-state index contributed by atoms with van der Waals surface area (Å²) in [6.07, 6.45) is 2.61. The van der Waals surface area contributed by atoms with E-state index in [2.05, 4.69) is 4.99 Å². The topological polar surface area (TPSA) is 29.4 Å². The zero-order valence-corrected chi connectivity index (χ0v) is 5.59. The summed E-state index contributed by atoms with van der Waals surface area (Å²) in [7, 11) is 0. The third-order valence-corrected chi connectivity index (χ3v) is 1.40. The largest absolute Gasteiger partial charge is 0.301 e. The Morgan fingerprint density at radius 1 is 1.78 bits per heavy atom. The van der Waals surface area contributed by atoms with E-state index in [4.69, 9.17) is 0 Å². The summed E-state index contributed by atoms with van der Waals surface area (Å²) in [5.41, 5.74) is 2.26. The highest BCUT2D eigenvalue weighted by Gasteiger charge is 2.17. The predicted molar refractivity (Wildman–Crippen MR) is 36.7 cm³/mol. The van der Waals surface area contributed by atoms with Gasteiger partial charge in [0.25, 0.3) is 0 Å². The van der Waals surface area contributed by atoms with E-state index in [0.29, 0.717) is 0 Å². The van der Waals surface area contributed by atoms with Crippen molar-refractivity contribution in [1.82, 2.24) is 0 Å². The minimum Gasteiger partial charge on any atom is -0.301 e. The molecule has 0 radical (unpaired) electrons. The number of allylic oxidation sites excluding steroid dienone is 1. The van der Waals surface area contributed by atoms with Crippen LogP contribution in [-0.4, -0.2) is 18.5 Å². The Morgan fingerprint density at radius 3 is 2.56 bits per heavy atom. The molecule has 1 aliphatic heterocycles. The van der Waals surface area contributed by atoms with Gasteiger partial charge < -0.3 is 4.79 Å². The molecule has 0 bridgehead atoms. The van der Waals surface area contributed by atoms with Gasteiger partial charge in [-0.05, 0) is 13.8 Å². The van der Waals surface area contributed by atoms with Crippen LogP contribution in [0.4, 0.5) is 0 Å². The highest BCUT2D eigenvalue weighted by atomic mass is 16.1. The minimum atomic E-state index is -0.157. The molecule has 0 aromatic rings. The van der Waals surface area contributed by atoms with Gasteiger partial charge in [0.1, 0.15) is 12.3 Å². The Hall–Kier alpha value is -0.920. The van der Waals surface area contributed by atoms with Crippen LogP contribution >= 0.6 is 0 Å². The van der Waals surface area contributed by atoms with Gasteiger partial charge in [-0.2, -0.15) is 0 Å². The highest BCUT2D eigenvalue weighted by Crippen LogP contribution is 2.15.